The molecule has 2 heterocycles. The second-order valence-electron chi connectivity index (χ2n) is 7.83. The lowest BCUT2D eigenvalue weighted by Crippen LogP contribution is -2.39. The molecule has 0 unspecified atom stereocenters. The van der Waals surface area contributed by atoms with Crippen LogP contribution in [0.2, 0.25) is 0 Å². The van der Waals surface area contributed by atoms with E-state index in [9.17, 15) is 18.4 Å². The number of hydrogen-bond acceptors (Lipinski definition) is 3. The van der Waals surface area contributed by atoms with Gasteiger partial charge >= 0.3 is 0 Å². The highest BCUT2D eigenvalue weighted by Crippen LogP contribution is 2.35. The van der Waals surface area contributed by atoms with Crippen molar-refractivity contribution in [1.82, 2.24) is 9.80 Å². The van der Waals surface area contributed by atoms with Gasteiger partial charge < -0.3 is 14.7 Å². The van der Waals surface area contributed by atoms with Crippen molar-refractivity contribution in [1.29, 1.82) is 0 Å². The minimum atomic E-state index is -0.660. The van der Waals surface area contributed by atoms with Gasteiger partial charge in [0.15, 0.2) is 0 Å². The van der Waals surface area contributed by atoms with Crippen LogP contribution >= 0.6 is 0 Å². The average Bonchev–Trinajstić information content (AvgIpc) is 3.22. The largest absolute Gasteiger partial charge is 0.378 e. The molecule has 5 nitrogen and oxygen atoms in total. The predicted octanol–water partition coefficient (Wildman–Crippen LogP) is 3.05. The Morgan fingerprint density at radius 2 is 1.93 bits per heavy atom. The van der Waals surface area contributed by atoms with Gasteiger partial charge in [0.25, 0.3) is 5.91 Å². The zero-order valence-corrected chi connectivity index (χ0v) is 16.4. The van der Waals surface area contributed by atoms with Gasteiger partial charge in [-0.05, 0) is 30.7 Å². The Kier molecular flexibility index (Phi) is 4.98. The van der Waals surface area contributed by atoms with Gasteiger partial charge in [0.05, 0.1) is 12.1 Å². The van der Waals surface area contributed by atoms with Crippen LogP contribution in [0.4, 0.5) is 14.5 Å². The van der Waals surface area contributed by atoms with E-state index in [-0.39, 0.29) is 42.4 Å². The van der Waals surface area contributed by atoms with Crippen molar-refractivity contribution in [2.45, 2.75) is 31.5 Å². The molecule has 2 aliphatic heterocycles. The summed E-state index contributed by atoms with van der Waals surface area (Å²) in [7, 11) is 3.83. The Morgan fingerprint density at radius 3 is 2.66 bits per heavy atom. The van der Waals surface area contributed by atoms with Crippen molar-refractivity contribution in [3.63, 3.8) is 0 Å². The van der Waals surface area contributed by atoms with Gasteiger partial charge in [-0.25, -0.2) is 8.78 Å². The van der Waals surface area contributed by atoms with Crippen LogP contribution in [0, 0.1) is 11.6 Å². The van der Waals surface area contributed by atoms with Gasteiger partial charge in [-0.1, -0.05) is 12.1 Å². The molecule has 29 heavy (non-hydrogen) atoms. The number of amides is 2. The topological polar surface area (TPSA) is 43.9 Å². The van der Waals surface area contributed by atoms with Crippen LogP contribution in [0.5, 0.6) is 0 Å². The highest BCUT2D eigenvalue weighted by atomic mass is 19.1. The van der Waals surface area contributed by atoms with Crippen LogP contribution in [0.25, 0.3) is 0 Å². The Hall–Kier alpha value is -2.96. The van der Waals surface area contributed by atoms with E-state index in [0.29, 0.717) is 18.5 Å². The van der Waals surface area contributed by atoms with E-state index in [1.54, 1.807) is 15.9 Å². The number of carbonyl (C=O) groups excluding carboxylic acids is 2. The fourth-order valence-electron chi connectivity index (χ4n) is 4.30. The molecular weight excluding hydrogens is 376 g/mol. The summed E-state index contributed by atoms with van der Waals surface area (Å²) in [6.45, 7) is 0.639. The molecular formula is C22H23F2N3O2. The molecule has 2 saturated heterocycles. The molecule has 0 bridgehead atoms. The Morgan fingerprint density at radius 1 is 1.14 bits per heavy atom. The minimum absolute atomic E-state index is 0.0876. The van der Waals surface area contributed by atoms with Crippen LogP contribution < -0.4 is 4.90 Å². The van der Waals surface area contributed by atoms with Gasteiger partial charge in [-0.15, -0.1) is 0 Å². The number of fused-ring (bicyclic) bond motifs is 1. The van der Waals surface area contributed by atoms with E-state index in [4.69, 9.17) is 0 Å². The van der Waals surface area contributed by atoms with E-state index in [1.165, 1.54) is 12.1 Å². The third-order valence-electron chi connectivity index (χ3n) is 5.84. The first-order chi connectivity index (χ1) is 13.8. The smallest absolute Gasteiger partial charge is 0.254 e. The number of hydrogen-bond donors (Lipinski definition) is 0. The van der Waals surface area contributed by atoms with Gasteiger partial charge in [0.2, 0.25) is 5.91 Å². The molecule has 0 saturated carbocycles. The van der Waals surface area contributed by atoms with Gasteiger partial charge in [-0.3, -0.25) is 9.59 Å². The lowest BCUT2D eigenvalue weighted by molar-refractivity contribution is -0.129. The number of rotatable bonds is 4. The summed E-state index contributed by atoms with van der Waals surface area (Å²) in [5.74, 6) is -1.51. The molecule has 0 aromatic heterocycles. The van der Waals surface area contributed by atoms with E-state index in [2.05, 4.69) is 0 Å². The third kappa shape index (κ3) is 3.57. The highest BCUT2D eigenvalue weighted by molar-refractivity contribution is 5.96. The lowest BCUT2D eigenvalue weighted by Gasteiger charge is -2.26. The molecule has 2 fully saturated rings. The molecule has 152 valence electrons. The fraction of sp³-hybridized carbons (Fsp3) is 0.364. The van der Waals surface area contributed by atoms with E-state index >= 15 is 0 Å². The molecule has 2 aromatic carbocycles. The molecule has 2 aliphatic rings. The van der Waals surface area contributed by atoms with Crippen molar-refractivity contribution in [2.24, 2.45) is 0 Å². The standard InChI is InChI=1S/C22H23F2N3O2/c1-25(2)17-5-3-4-14(10-17)22(29)26-9-8-19-20(26)12-21(28)27(19)13-15-6-7-16(23)11-18(15)24/h3-7,10-11,19-20H,8-9,12-13H2,1-2H3/t19-,20-/m0/s1. The molecule has 0 N–H and O–H groups in total. The van der Waals surface area contributed by atoms with E-state index < -0.39 is 11.6 Å². The molecule has 2 aromatic rings. The highest BCUT2D eigenvalue weighted by Gasteiger charge is 2.48. The molecule has 0 radical (unpaired) electrons. The first-order valence-corrected chi connectivity index (χ1v) is 9.67. The quantitative estimate of drug-likeness (QED) is 0.794. The summed E-state index contributed by atoms with van der Waals surface area (Å²) in [4.78, 5) is 31.0. The van der Waals surface area contributed by atoms with Gasteiger partial charge in [0.1, 0.15) is 11.6 Å². The van der Waals surface area contributed by atoms with Crippen LogP contribution in [0.3, 0.4) is 0 Å². The monoisotopic (exact) mass is 399 g/mol. The van der Waals surface area contributed by atoms with Crippen molar-refractivity contribution >= 4 is 17.5 Å². The van der Waals surface area contributed by atoms with Crippen molar-refractivity contribution in [3.8, 4) is 0 Å². The first kappa shape index (κ1) is 19.4. The zero-order chi connectivity index (χ0) is 20.7. The summed E-state index contributed by atoms with van der Waals surface area (Å²) in [5, 5.41) is 0. The second kappa shape index (κ2) is 7.46. The maximum absolute atomic E-state index is 14.1. The maximum atomic E-state index is 14.1. The number of benzene rings is 2. The SMILES string of the molecule is CN(C)c1cccc(C(=O)N2CC[C@H]3[C@@H]2CC(=O)N3Cc2ccc(F)cc2F)c1. The maximum Gasteiger partial charge on any atom is 0.254 e. The van der Waals surface area contributed by atoms with Gasteiger partial charge in [0, 0.05) is 56.5 Å². The summed E-state index contributed by atoms with van der Waals surface area (Å²) >= 11 is 0. The van der Waals surface area contributed by atoms with E-state index in [1.807, 2.05) is 37.2 Å². The number of carbonyl (C=O) groups is 2. The first-order valence-electron chi connectivity index (χ1n) is 9.67. The van der Waals surface area contributed by atoms with Crippen LogP contribution in [-0.2, 0) is 11.3 Å². The van der Waals surface area contributed by atoms with Crippen molar-refractivity contribution in [3.05, 3.63) is 65.2 Å². The molecule has 0 spiro atoms. The summed E-state index contributed by atoms with van der Waals surface area (Å²) in [5.41, 5.74) is 1.80. The molecule has 4 rings (SSSR count). The Bertz CT molecular complexity index is 963. The number of halogens is 2. The number of nitrogens with zero attached hydrogens (tertiary/aromatic N) is 3. The third-order valence-corrected chi connectivity index (χ3v) is 5.84. The zero-order valence-electron chi connectivity index (χ0n) is 16.4. The Labute approximate surface area is 168 Å². The van der Waals surface area contributed by atoms with Gasteiger partial charge in [-0.2, -0.15) is 0 Å². The normalized spacial score (nSPS) is 20.9. The van der Waals surface area contributed by atoms with Crippen LogP contribution in [-0.4, -0.2) is 54.3 Å². The second-order valence-corrected chi connectivity index (χ2v) is 7.83. The van der Waals surface area contributed by atoms with Crippen molar-refractivity contribution in [2.75, 3.05) is 25.5 Å². The van der Waals surface area contributed by atoms with E-state index in [0.717, 1.165) is 11.8 Å². The molecule has 2 amide bonds. The molecule has 2 atom stereocenters. The molecule has 0 aliphatic carbocycles. The Balaban J connectivity index is 1.52. The lowest BCUT2D eigenvalue weighted by atomic mass is 10.1. The predicted molar refractivity (Wildman–Crippen MR) is 106 cm³/mol. The minimum Gasteiger partial charge on any atom is -0.378 e. The summed E-state index contributed by atoms with van der Waals surface area (Å²) in [6.07, 6.45) is 0.880. The van der Waals surface area contributed by atoms with Crippen molar-refractivity contribution < 1.29 is 18.4 Å². The van der Waals surface area contributed by atoms with Crippen LogP contribution in [0.1, 0.15) is 28.8 Å². The average molecular weight is 399 g/mol. The summed E-state index contributed by atoms with van der Waals surface area (Å²) in [6, 6.07) is 10.4. The summed E-state index contributed by atoms with van der Waals surface area (Å²) < 4.78 is 27.2. The van der Waals surface area contributed by atoms with Crippen LogP contribution in [0.15, 0.2) is 42.5 Å². The fourth-order valence-corrected chi connectivity index (χ4v) is 4.30. The number of likely N-dealkylation sites (tertiary alicyclic amines) is 2. The molecule has 7 heteroatoms. The number of anilines is 1.